The van der Waals surface area contributed by atoms with Gasteiger partial charge >= 0.3 is 0 Å². The molecule has 0 bridgehead atoms. The third-order valence-corrected chi connectivity index (χ3v) is 5.86. The molecule has 2 heterocycles. The molecule has 0 aromatic heterocycles. The molecular weight excluding hydrogens is 452 g/mol. The standard InChI is InChI=1S/C25H26N4O4S/c1-3-8-22-28-29-23(26)19(24(30)27-25(29)34-22)15-17-11-12-20(21(16-17)31-4-2)33-14-13-32-18-9-6-5-7-10-18/h5-7,9-12,15-16,26H,3-4,8,13-14H2,1-2H3. The second kappa shape index (κ2) is 11.0. The van der Waals surface area contributed by atoms with Gasteiger partial charge in [0.05, 0.1) is 12.2 Å². The monoisotopic (exact) mass is 478 g/mol. The van der Waals surface area contributed by atoms with Gasteiger partial charge in [0.1, 0.15) is 24.0 Å². The number of amides is 1. The average molecular weight is 479 g/mol. The van der Waals surface area contributed by atoms with E-state index in [1.54, 1.807) is 18.2 Å². The summed E-state index contributed by atoms with van der Waals surface area (Å²) in [6, 6.07) is 14.9. The van der Waals surface area contributed by atoms with Crippen LogP contribution in [-0.4, -0.2) is 46.8 Å². The summed E-state index contributed by atoms with van der Waals surface area (Å²) in [5, 5.41) is 15.7. The molecule has 0 radical (unpaired) electrons. The van der Waals surface area contributed by atoms with Crippen LogP contribution in [0.4, 0.5) is 0 Å². The minimum absolute atomic E-state index is 0.0185. The number of amidine groups is 2. The van der Waals surface area contributed by atoms with Gasteiger partial charge in [-0.25, -0.2) is 0 Å². The van der Waals surface area contributed by atoms with Crippen molar-refractivity contribution in [3.05, 3.63) is 59.7 Å². The average Bonchev–Trinajstić information content (AvgIpc) is 3.24. The molecule has 2 aliphatic rings. The Morgan fingerprint density at radius 1 is 1.03 bits per heavy atom. The van der Waals surface area contributed by atoms with Gasteiger partial charge in [-0.05, 0) is 67.4 Å². The van der Waals surface area contributed by atoms with E-state index in [-0.39, 0.29) is 11.4 Å². The molecule has 9 heteroatoms. The zero-order chi connectivity index (χ0) is 23.9. The Morgan fingerprint density at radius 2 is 1.82 bits per heavy atom. The summed E-state index contributed by atoms with van der Waals surface area (Å²) >= 11 is 1.34. The van der Waals surface area contributed by atoms with Crippen LogP contribution in [0.5, 0.6) is 17.2 Å². The van der Waals surface area contributed by atoms with E-state index in [1.165, 1.54) is 16.8 Å². The molecule has 8 nitrogen and oxygen atoms in total. The van der Waals surface area contributed by atoms with E-state index in [0.717, 1.165) is 23.6 Å². The number of nitrogens with one attached hydrogen (secondary N) is 1. The van der Waals surface area contributed by atoms with E-state index in [4.69, 9.17) is 19.6 Å². The smallest absolute Gasteiger partial charge is 0.283 e. The minimum Gasteiger partial charge on any atom is -0.490 e. The quantitative estimate of drug-likeness (QED) is 0.383. The van der Waals surface area contributed by atoms with Crippen molar-refractivity contribution in [1.29, 1.82) is 5.41 Å². The lowest BCUT2D eigenvalue weighted by Crippen LogP contribution is -2.35. The first-order valence-corrected chi connectivity index (χ1v) is 12.0. The van der Waals surface area contributed by atoms with Crippen molar-refractivity contribution in [1.82, 2.24) is 5.01 Å². The number of rotatable bonds is 10. The fraction of sp³-hybridized carbons (Fsp3) is 0.280. The summed E-state index contributed by atoms with van der Waals surface area (Å²) in [5.41, 5.74) is 0.880. The molecule has 0 spiro atoms. The van der Waals surface area contributed by atoms with Crippen LogP contribution in [0, 0.1) is 5.41 Å². The second-order valence-corrected chi connectivity index (χ2v) is 8.45. The second-order valence-electron chi connectivity index (χ2n) is 7.41. The molecule has 0 atom stereocenters. The zero-order valence-electron chi connectivity index (χ0n) is 19.1. The Hall–Kier alpha value is -3.59. The summed E-state index contributed by atoms with van der Waals surface area (Å²) < 4.78 is 17.3. The van der Waals surface area contributed by atoms with Crippen LogP contribution in [0.1, 0.15) is 32.3 Å². The van der Waals surface area contributed by atoms with Gasteiger partial charge in [-0.2, -0.15) is 15.1 Å². The number of para-hydroxylation sites is 1. The number of hydrogen-bond acceptors (Lipinski definition) is 7. The fourth-order valence-corrected chi connectivity index (χ4v) is 4.33. The lowest BCUT2D eigenvalue weighted by Gasteiger charge is -2.20. The molecule has 0 saturated heterocycles. The summed E-state index contributed by atoms with van der Waals surface area (Å²) in [4.78, 5) is 16.8. The first kappa shape index (κ1) is 23.6. The Labute approximate surface area is 202 Å². The highest BCUT2D eigenvalue weighted by Gasteiger charge is 2.35. The predicted molar refractivity (Wildman–Crippen MR) is 135 cm³/mol. The van der Waals surface area contributed by atoms with E-state index in [1.807, 2.05) is 43.3 Å². The number of carbonyl (C=O) groups excluding carboxylic acids is 1. The van der Waals surface area contributed by atoms with Gasteiger partial charge in [0.2, 0.25) is 5.17 Å². The molecule has 0 unspecified atom stereocenters. The Kier molecular flexibility index (Phi) is 7.64. The van der Waals surface area contributed by atoms with Gasteiger partial charge in [-0.3, -0.25) is 10.2 Å². The zero-order valence-corrected chi connectivity index (χ0v) is 19.9. The molecule has 0 aliphatic carbocycles. The van der Waals surface area contributed by atoms with Crippen LogP contribution >= 0.6 is 11.8 Å². The van der Waals surface area contributed by atoms with Crippen molar-refractivity contribution in [2.24, 2.45) is 10.1 Å². The number of nitrogens with zero attached hydrogens (tertiary/aromatic N) is 3. The number of thioether (sulfide) groups is 1. The first-order valence-electron chi connectivity index (χ1n) is 11.2. The highest BCUT2D eigenvalue weighted by atomic mass is 32.2. The van der Waals surface area contributed by atoms with Crippen LogP contribution in [0.25, 0.3) is 6.08 Å². The maximum atomic E-state index is 12.6. The Balaban J connectivity index is 1.47. The first-order chi connectivity index (χ1) is 16.6. The number of aliphatic imine (C=N–C) groups is 1. The molecule has 1 N–H and O–H groups in total. The number of ether oxygens (including phenoxy) is 3. The minimum atomic E-state index is -0.451. The van der Waals surface area contributed by atoms with Crippen molar-refractivity contribution < 1.29 is 19.0 Å². The van der Waals surface area contributed by atoms with Crippen LogP contribution in [0.2, 0.25) is 0 Å². The number of fused-ring (bicyclic) bond motifs is 1. The van der Waals surface area contributed by atoms with Gasteiger partial charge < -0.3 is 14.2 Å². The van der Waals surface area contributed by atoms with Crippen molar-refractivity contribution in [2.75, 3.05) is 19.8 Å². The molecule has 4 rings (SSSR count). The largest absolute Gasteiger partial charge is 0.490 e. The van der Waals surface area contributed by atoms with Gasteiger partial charge in [0.25, 0.3) is 5.91 Å². The van der Waals surface area contributed by atoms with E-state index in [9.17, 15) is 4.79 Å². The number of carbonyl (C=O) groups is 1. The molecule has 2 aliphatic heterocycles. The SMILES string of the molecule is CCCC1=NN2C(=N)C(=Cc3ccc(OCCOc4ccccc4)c(OCC)c3)C(=O)N=C2S1. The van der Waals surface area contributed by atoms with Crippen LogP contribution in [0.3, 0.4) is 0 Å². The molecule has 0 saturated carbocycles. The summed E-state index contributed by atoms with van der Waals surface area (Å²) in [7, 11) is 0. The normalized spacial score (nSPS) is 16.3. The molecule has 2 aromatic carbocycles. The molecule has 176 valence electrons. The van der Waals surface area contributed by atoms with Crippen LogP contribution in [-0.2, 0) is 4.79 Å². The third-order valence-electron chi connectivity index (χ3n) is 4.89. The van der Waals surface area contributed by atoms with Gasteiger partial charge in [-0.15, -0.1) is 0 Å². The molecule has 1 amide bonds. The maximum absolute atomic E-state index is 12.6. The predicted octanol–water partition coefficient (Wildman–Crippen LogP) is 4.96. The molecule has 34 heavy (non-hydrogen) atoms. The lowest BCUT2D eigenvalue weighted by molar-refractivity contribution is -0.114. The maximum Gasteiger partial charge on any atom is 0.283 e. The third kappa shape index (κ3) is 5.48. The highest BCUT2D eigenvalue weighted by Crippen LogP contribution is 2.32. The van der Waals surface area contributed by atoms with Crippen molar-refractivity contribution in [2.45, 2.75) is 26.7 Å². The molecular formula is C25H26N4O4S. The van der Waals surface area contributed by atoms with Crippen molar-refractivity contribution in [3.8, 4) is 17.2 Å². The summed E-state index contributed by atoms with van der Waals surface area (Å²) in [5.74, 6) is 1.48. The summed E-state index contributed by atoms with van der Waals surface area (Å²) in [6.07, 6.45) is 3.36. The van der Waals surface area contributed by atoms with Gasteiger partial charge in [0, 0.05) is 0 Å². The Bertz CT molecular complexity index is 1160. The topological polar surface area (TPSA) is 96.6 Å². The lowest BCUT2D eigenvalue weighted by atomic mass is 10.1. The molecule has 2 aromatic rings. The Morgan fingerprint density at radius 3 is 2.59 bits per heavy atom. The van der Waals surface area contributed by atoms with E-state index < -0.39 is 5.91 Å². The van der Waals surface area contributed by atoms with Crippen molar-refractivity contribution >= 4 is 39.8 Å². The van der Waals surface area contributed by atoms with Gasteiger partial charge in [-0.1, -0.05) is 31.2 Å². The van der Waals surface area contributed by atoms with E-state index in [0.29, 0.717) is 42.1 Å². The van der Waals surface area contributed by atoms with Gasteiger partial charge in [0.15, 0.2) is 17.3 Å². The number of benzene rings is 2. The number of hydrogen-bond donors (Lipinski definition) is 1. The van der Waals surface area contributed by atoms with Crippen molar-refractivity contribution in [3.63, 3.8) is 0 Å². The molecule has 0 fully saturated rings. The number of hydrazone groups is 1. The van der Waals surface area contributed by atoms with E-state index in [2.05, 4.69) is 17.0 Å². The fourth-order valence-electron chi connectivity index (χ4n) is 3.34. The highest BCUT2D eigenvalue weighted by molar-refractivity contribution is 8.26. The van der Waals surface area contributed by atoms with Crippen LogP contribution < -0.4 is 14.2 Å². The van der Waals surface area contributed by atoms with E-state index >= 15 is 0 Å². The summed E-state index contributed by atoms with van der Waals surface area (Å²) in [6.45, 7) is 5.15. The van der Waals surface area contributed by atoms with Crippen LogP contribution in [0.15, 0.2) is 64.2 Å².